The fraction of sp³-hybridized carbons (Fsp3) is 0. The molecule has 0 aliphatic heterocycles. The maximum Gasteiger partial charge on any atom is 0.0391 e. The molecule has 0 saturated carbocycles. The van der Waals surface area contributed by atoms with E-state index in [1.54, 1.807) is 0 Å². The Kier molecular flexibility index (Phi) is 4.71. The highest BCUT2D eigenvalue weighted by Gasteiger charge is 2.10. The van der Waals surface area contributed by atoms with Gasteiger partial charge in [0.2, 0.25) is 0 Å². The van der Waals surface area contributed by atoms with Gasteiger partial charge in [-0.05, 0) is 58.7 Å². The molecule has 1 heterocycles. The van der Waals surface area contributed by atoms with Crippen LogP contribution >= 0.6 is 11.3 Å². The molecule has 32 heavy (non-hydrogen) atoms. The Bertz CT molecular complexity index is 1530. The largest absolute Gasteiger partial charge is 0.355 e. The van der Waals surface area contributed by atoms with Gasteiger partial charge in [-0.15, -0.1) is 11.3 Å². The molecule has 2 heteroatoms. The van der Waals surface area contributed by atoms with Crippen LogP contribution in [-0.4, -0.2) is 0 Å². The first-order chi connectivity index (χ1) is 15.8. The molecule has 0 radical (unpaired) electrons. The highest BCUT2D eigenvalue weighted by molar-refractivity contribution is 7.25. The molecule has 0 atom stereocenters. The van der Waals surface area contributed by atoms with Gasteiger partial charge in [-0.2, -0.15) is 0 Å². The van der Waals surface area contributed by atoms with Crippen molar-refractivity contribution >= 4 is 42.9 Å². The van der Waals surface area contributed by atoms with E-state index in [-0.39, 0.29) is 0 Å². The van der Waals surface area contributed by atoms with Gasteiger partial charge < -0.3 is 5.32 Å². The van der Waals surface area contributed by atoms with Gasteiger partial charge in [0, 0.05) is 31.5 Å². The van der Waals surface area contributed by atoms with Gasteiger partial charge in [-0.1, -0.05) is 84.9 Å². The third-order valence-electron chi connectivity index (χ3n) is 5.85. The van der Waals surface area contributed by atoms with Gasteiger partial charge in [0.15, 0.2) is 0 Å². The zero-order valence-electron chi connectivity index (χ0n) is 17.5. The lowest BCUT2D eigenvalue weighted by Gasteiger charge is -2.14. The van der Waals surface area contributed by atoms with E-state index in [4.69, 9.17) is 0 Å². The summed E-state index contributed by atoms with van der Waals surface area (Å²) in [5.74, 6) is 0. The summed E-state index contributed by atoms with van der Waals surface area (Å²) < 4.78 is 2.65. The molecule has 0 spiro atoms. The summed E-state index contributed by atoms with van der Waals surface area (Å²) in [7, 11) is 0. The average molecular weight is 428 g/mol. The SMILES string of the molecule is c1ccc(-c2ccc(Nc3ccc4sc5ccccc5c4c3)cc2-c2ccccc2)cc1. The van der Waals surface area contributed by atoms with Gasteiger partial charge in [0.25, 0.3) is 0 Å². The summed E-state index contributed by atoms with van der Waals surface area (Å²) in [6.45, 7) is 0. The molecule has 0 saturated heterocycles. The van der Waals surface area contributed by atoms with Crippen LogP contribution in [0.5, 0.6) is 0 Å². The number of rotatable bonds is 4. The molecule has 1 nitrogen and oxygen atoms in total. The van der Waals surface area contributed by atoms with Crippen LogP contribution in [0.4, 0.5) is 11.4 Å². The van der Waals surface area contributed by atoms with E-state index in [9.17, 15) is 0 Å². The Labute approximate surface area is 191 Å². The molecule has 6 aromatic rings. The highest BCUT2D eigenvalue weighted by Crippen LogP contribution is 2.37. The van der Waals surface area contributed by atoms with Gasteiger partial charge in [-0.25, -0.2) is 0 Å². The molecule has 152 valence electrons. The van der Waals surface area contributed by atoms with Gasteiger partial charge in [-0.3, -0.25) is 0 Å². The van der Waals surface area contributed by atoms with Crippen LogP contribution in [-0.2, 0) is 0 Å². The third kappa shape index (κ3) is 3.45. The Morgan fingerprint density at radius 3 is 1.81 bits per heavy atom. The van der Waals surface area contributed by atoms with Crippen molar-refractivity contribution in [2.75, 3.05) is 5.32 Å². The third-order valence-corrected chi connectivity index (χ3v) is 7.01. The minimum atomic E-state index is 1.09. The molecule has 0 fully saturated rings. The van der Waals surface area contributed by atoms with E-state index < -0.39 is 0 Å². The number of fused-ring (bicyclic) bond motifs is 3. The number of hydrogen-bond acceptors (Lipinski definition) is 2. The maximum atomic E-state index is 3.64. The van der Waals surface area contributed by atoms with Crippen LogP contribution in [0.15, 0.2) is 121 Å². The van der Waals surface area contributed by atoms with Crippen molar-refractivity contribution in [1.29, 1.82) is 0 Å². The Hall–Kier alpha value is -3.88. The molecule has 1 aromatic heterocycles. The van der Waals surface area contributed by atoms with Gasteiger partial charge >= 0.3 is 0 Å². The van der Waals surface area contributed by atoms with E-state index >= 15 is 0 Å². The molecule has 5 aromatic carbocycles. The highest BCUT2D eigenvalue weighted by atomic mass is 32.1. The van der Waals surface area contributed by atoms with E-state index in [2.05, 4.69) is 127 Å². The number of nitrogens with one attached hydrogen (secondary N) is 1. The first-order valence-electron chi connectivity index (χ1n) is 10.8. The minimum absolute atomic E-state index is 1.09. The summed E-state index contributed by atoms with van der Waals surface area (Å²) in [6.07, 6.45) is 0. The summed E-state index contributed by atoms with van der Waals surface area (Å²) in [5.41, 5.74) is 7.10. The summed E-state index contributed by atoms with van der Waals surface area (Å²) in [5, 5.41) is 6.27. The predicted octanol–water partition coefficient (Wildman–Crippen LogP) is 9.13. The predicted molar refractivity (Wildman–Crippen MR) is 140 cm³/mol. The van der Waals surface area contributed by atoms with Crippen molar-refractivity contribution in [3.05, 3.63) is 121 Å². The fourth-order valence-corrected chi connectivity index (χ4v) is 5.40. The zero-order valence-corrected chi connectivity index (χ0v) is 18.3. The van der Waals surface area contributed by atoms with Crippen LogP contribution in [0.3, 0.4) is 0 Å². The smallest absolute Gasteiger partial charge is 0.0391 e. The molecular weight excluding hydrogens is 406 g/mol. The second-order valence-corrected chi connectivity index (χ2v) is 9.01. The molecule has 6 rings (SSSR count). The van der Waals surface area contributed by atoms with Crippen LogP contribution in [0.25, 0.3) is 42.4 Å². The summed E-state index contributed by atoms with van der Waals surface area (Å²) in [6, 6.07) is 43.1. The van der Waals surface area contributed by atoms with E-state index in [1.807, 2.05) is 11.3 Å². The number of anilines is 2. The number of thiophene rings is 1. The second-order valence-electron chi connectivity index (χ2n) is 7.93. The van der Waals surface area contributed by atoms with Crippen molar-refractivity contribution in [1.82, 2.24) is 0 Å². The first kappa shape index (κ1) is 18.9. The topological polar surface area (TPSA) is 12.0 Å². The minimum Gasteiger partial charge on any atom is -0.355 e. The standard InChI is InChI=1S/C30H21NS/c1-3-9-21(10-4-1)25-17-15-23(19-27(25)22-11-5-2-6-12-22)31-24-16-18-30-28(20-24)26-13-7-8-14-29(26)32-30/h1-20,31H. The summed E-state index contributed by atoms with van der Waals surface area (Å²) >= 11 is 1.85. The average Bonchev–Trinajstić information content (AvgIpc) is 3.23. The lowest BCUT2D eigenvalue weighted by atomic mass is 9.94. The molecule has 0 aliphatic rings. The fourth-order valence-electron chi connectivity index (χ4n) is 4.32. The Morgan fingerprint density at radius 2 is 1.03 bits per heavy atom. The Morgan fingerprint density at radius 1 is 0.438 bits per heavy atom. The quantitative estimate of drug-likeness (QED) is 0.296. The van der Waals surface area contributed by atoms with Crippen LogP contribution < -0.4 is 5.32 Å². The van der Waals surface area contributed by atoms with E-state index in [1.165, 1.54) is 42.4 Å². The second kappa shape index (κ2) is 7.99. The van der Waals surface area contributed by atoms with Crippen molar-refractivity contribution < 1.29 is 0 Å². The summed E-state index contributed by atoms with van der Waals surface area (Å²) in [4.78, 5) is 0. The van der Waals surface area contributed by atoms with Crippen LogP contribution in [0.2, 0.25) is 0 Å². The molecule has 0 unspecified atom stereocenters. The normalized spacial score (nSPS) is 11.1. The lowest BCUT2D eigenvalue weighted by molar-refractivity contribution is 1.54. The lowest BCUT2D eigenvalue weighted by Crippen LogP contribution is -1.92. The monoisotopic (exact) mass is 427 g/mol. The number of benzene rings is 5. The van der Waals surface area contributed by atoms with Crippen LogP contribution in [0, 0.1) is 0 Å². The number of hydrogen-bond donors (Lipinski definition) is 1. The van der Waals surface area contributed by atoms with Crippen LogP contribution in [0.1, 0.15) is 0 Å². The van der Waals surface area contributed by atoms with Gasteiger partial charge in [0.05, 0.1) is 0 Å². The van der Waals surface area contributed by atoms with E-state index in [0.29, 0.717) is 0 Å². The zero-order chi connectivity index (χ0) is 21.3. The van der Waals surface area contributed by atoms with Crippen molar-refractivity contribution in [2.45, 2.75) is 0 Å². The van der Waals surface area contributed by atoms with Crippen molar-refractivity contribution in [3.8, 4) is 22.3 Å². The maximum absolute atomic E-state index is 3.64. The van der Waals surface area contributed by atoms with Crippen molar-refractivity contribution in [2.24, 2.45) is 0 Å². The van der Waals surface area contributed by atoms with Gasteiger partial charge in [0.1, 0.15) is 0 Å². The van der Waals surface area contributed by atoms with Crippen molar-refractivity contribution in [3.63, 3.8) is 0 Å². The molecule has 0 amide bonds. The molecule has 1 N–H and O–H groups in total. The first-order valence-corrected chi connectivity index (χ1v) is 11.6. The molecule has 0 bridgehead atoms. The molecular formula is C30H21NS. The van der Waals surface area contributed by atoms with E-state index in [0.717, 1.165) is 11.4 Å². The molecule has 0 aliphatic carbocycles. The Balaban J connectivity index is 1.43.